The first kappa shape index (κ1) is 25.6. The van der Waals surface area contributed by atoms with E-state index in [-0.39, 0.29) is 6.07 Å². The Balaban J connectivity index is 2.14. The number of nitrogens with one attached hydrogen (secondary N) is 2. The molecule has 32 heavy (non-hydrogen) atoms. The average Bonchev–Trinajstić information content (AvgIpc) is 2.70. The molecule has 0 unspecified atom stereocenters. The molecule has 11 heteroatoms. The molecule has 1 amide bonds. The first-order chi connectivity index (χ1) is 14.9. The molecule has 1 aromatic carbocycles. The summed E-state index contributed by atoms with van der Waals surface area (Å²) in [4.78, 5) is 37.4. The minimum Gasteiger partial charge on any atom is -0.479 e. The van der Waals surface area contributed by atoms with Crippen LogP contribution in [0.15, 0.2) is 6.07 Å². The monoisotopic (exact) mass is 462 g/mol. The standard InChI is InChI=1S/C21H26F4N2O5/c1-21(2,3)32-16(29)9-14(27-20(30)11-4-6-26-7-5-11)15(28)10-31-19-17(24)12(22)8-13(23)18(19)25/h8,11,14,26H,4-7,9-10H2,1-3H3,(H,27,30)/t14-/m0/s1. The molecule has 1 aliphatic heterocycles. The van der Waals surface area contributed by atoms with Crippen LogP contribution < -0.4 is 15.4 Å². The molecule has 0 aromatic heterocycles. The predicted octanol–water partition coefficient (Wildman–Crippen LogP) is 2.41. The summed E-state index contributed by atoms with van der Waals surface area (Å²) in [5.74, 6) is -11.0. The number of benzene rings is 1. The van der Waals surface area contributed by atoms with Crippen molar-refractivity contribution in [1.29, 1.82) is 0 Å². The fraction of sp³-hybridized carbons (Fsp3) is 0.571. The SMILES string of the molecule is CC(C)(C)OC(=O)C[C@H](NC(=O)C1CCNCC1)C(=O)COc1c(F)c(F)cc(F)c1F. The first-order valence-electron chi connectivity index (χ1n) is 10.1. The fourth-order valence-electron chi connectivity index (χ4n) is 3.09. The van der Waals surface area contributed by atoms with Gasteiger partial charge < -0.3 is 20.1 Å². The highest BCUT2D eigenvalue weighted by Gasteiger charge is 2.31. The van der Waals surface area contributed by atoms with Gasteiger partial charge in [-0.05, 0) is 46.7 Å². The number of carbonyl (C=O) groups excluding carboxylic acids is 3. The van der Waals surface area contributed by atoms with E-state index < -0.39 is 77.3 Å². The van der Waals surface area contributed by atoms with Crippen molar-refractivity contribution in [2.75, 3.05) is 19.7 Å². The van der Waals surface area contributed by atoms with Crippen molar-refractivity contribution in [3.63, 3.8) is 0 Å². The van der Waals surface area contributed by atoms with Crippen molar-refractivity contribution in [3.8, 4) is 5.75 Å². The van der Waals surface area contributed by atoms with E-state index in [1.165, 1.54) is 0 Å². The highest BCUT2D eigenvalue weighted by Crippen LogP contribution is 2.26. The number of carbonyl (C=O) groups is 3. The second-order valence-corrected chi connectivity index (χ2v) is 8.43. The van der Waals surface area contributed by atoms with Crippen LogP contribution in [-0.2, 0) is 19.1 Å². The molecular weight excluding hydrogens is 436 g/mol. The summed E-state index contributed by atoms with van der Waals surface area (Å²) in [5, 5.41) is 5.55. The third-order valence-electron chi connectivity index (χ3n) is 4.64. The van der Waals surface area contributed by atoms with Crippen LogP contribution in [0.4, 0.5) is 17.6 Å². The number of hydrogen-bond donors (Lipinski definition) is 2. The van der Waals surface area contributed by atoms with Crippen LogP contribution in [0.25, 0.3) is 0 Å². The molecular formula is C21H26F4N2O5. The summed E-state index contributed by atoms with van der Waals surface area (Å²) in [7, 11) is 0. The van der Waals surface area contributed by atoms with Gasteiger partial charge in [0, 0.05) is 12.0 Å². The minimum absolute atomic E-state index is 0.00388. The van der Waals surface area contributed by atoms with Gasteiger partial charge in [0.1, 0.15) is 18.2 Å². The fourth-order valence-corrected chi connectivity index (χ4v) is 3.09. The van der Waals surface area contributed by atoms with Gasteiger partial charge in [-0.15, -0.1) is 0 Å². The zero-order valence-electron chi connectivity index (χ0n) is 18.0. The largest absolute Gasteiger partial charge is 0.479 e. The van der Waals surface area contributed by atoms with Gasteiger partial charge in [0.15, 0.2) is 23.2 Å². The molecule has 0 saturated carbocycles. The van der Waals surface area contributed by atoms with E-state index in [0.717, 1.165) is 0 Å². The number of halogens is 4. The second kappa shape index (κ2) is 10.8. The third-order valence-corrected chi connectivity index (χ3v) is 4.64. The van der Waals surface area contributed by atoms with Crippen LogP contribution in [0.5, 0.6) is 5.75 Å². The molecule has 1 aliphatic rings. The number of ether oxygens (including phenoxy) is 2. The van der Waals surface area contributed by atoms with Crippen LogP contribution in [0.1, 0.15) is 40.0 Å². The Hall–Kier alpha value is -2.69. The predicted molar refractivity (Wildman–Crippen MR) is 105 cm³/mol. The molecule has 2 N–H and O–H groups in total. The topological polar surface area (TPSA) is 93.7 Å². The molecule has 178 valence electrons. The lowest BCUT2D eigenvalue weighted by Gasteiger charge is -2.26. The van der Waals surface area contributed by atoms with E-state index in [9.17, 15) is 31.9 Å². The van der Waals surface area contributed by atoms with Gasteiger partial charge in [0.2, 0.25) is 17.5 Å². The van der Waals surface area contributed by atoms with Crippen LogP contribution in [0, 0.1) is 29.2 Å². The van der Waals surface area contributed by atoms with Gasteiger partial charge in [-0.2, -0.15) is 8.78 Å². The van der Waals surface area contributed by atoms with Gasteiger partial charge in [-0.3, -0.25) is 14.4 Å². The van der Waals surface area contributed by atoms with Crippen LogP contribution >= 0.6 is 0 Å². The van der Waals surface area contributed by atoms with Crippen LogP contribution in [0.2, 0.25) is 0 Å². The van der Waals surface area contributed by atoms with Gasteiger partial charge >= 0.3 is 5.97 Å². The van der Waals surface area contributed by atoms with Crippen molar-refractivity contribution in [1.82, 2.24) is 10.6 Å². The average molecular weight is 462 g/mol. The Labute approximate surface area is 182 Å². The molecule has 0 bridgehead atoms. The molecule has 1 saturated heterocycles. The first-order valence-corrected chi connectivity index (χ1v) is 10.1. The second-order valence-electron chi connectivity index (χ2n) is 8.43. The van der Waals surface area contributed by atoms with Crippen LogP contribution in [-0.4, -0.2) is 49.0 Å². The number of piperidine rings is 1. The minimum atomic E-state index is -1.81. The molecule has 0 radical (unpaired) electrons. The van der Waals surface area contributed by atoms with E-state index in [4.69, 9.17) is 4.74 Å². The molecule has 0 spiro atoms. The van der Waals surface area contributed by atoms with E-state index in [2.05, 4.69) is 15.4 Å². The molecule has 2 rings (SSSR count). The zero-order valence-corrected chi connectivity index (χ0v) is 18.0. The number of esters is 1. The Morgan fingerprint density at radius 2 is 1.66 bits per heavy atom. The van der Waals surface area contributed by atoms with Crippen molar-refractivity contribution < 1.29 is 41.4 Å². The summed E-state index contributed by atoms with van der Waals surface area (Å²) in [6, 6.07) is -1.42. The van der Waals surface area contributed by atoms with Gasteiger partial charge in [-0.25, -0.2) is 8.78 Å². The van der Waals surface area contributed by atoms with Gasteiger partial charge in [0.25, 0.3) is 0 Å². The Morgan fingerprint density at radius 3 is 2.19 bits per heavy atom. The van der Waals surface area contributed by atoms with E-state index in [1.54, 1.807) is 20.8 Å². The third kappa shape index (κ3) is 7.18. The smallest absolute Gasteiger partial charge is 0.308 e. The number of rotatable bonds is 8. The Bertz CT molecular complexity index is 840. The van der Waals surface area contributed by atoms with Crippen molar-refractivity contribution in [2.45, 2.75) is 51.7 Å². The van der Waals surface area contributed by atoms with Crippen molar-refractivity contribution in [2.24, 2.45) is 5.92 Å². The highest BCUT2D eigenvalue weighted by molar-refractivity contribution is 5.93. The number of Topliss-reactive ketones (excluding diaryl/α,β-unsaturated/α-hetero) is 1. The van der Waals surface area contributed by atoms with Crippen molar-refractivity contribution >= 4 is 17.7 Å². The highest BCUT2D eigenvalue weighted by atomic mass is 19.2. The van der Waals surface area contributed by atoms with Gasteiger partial charge in [-0.1, -0.05) is 0 Å². The van der Waals surface area contributed by atoms with Crippen molar-refractivity contribution in [3.05, 3.63) is 29.3 Å². The molecule has 7 nitrogen and oxygen atoms in total. The Morgan fingerprint density at radius 1 is 1.09 bits per heavy atom. The maximum absolute atomic E-state index is 13.8. The summed E-state index contributed by atoms with van der Waals surface area (Å²) in [6.45, 7) is 5.01. The normalized spacial score (nSPS) is 15.7. The lowest BCUT2D eigenvalue weighted by Crippen LogP contribution is -2.48. The summed E-state index contributed by atoms with van der Waals surface area (Å²) in [5.41, 5.74) is -0.856. The molecule has 1 atom stereocenters. The van der Waals surface area contributed by atoms with E-state index >= 15 is 0 Å². The number of hydrogen-bond acceptors (Lipinski definition) is 6. The zero-order chi connectivity index (χ0) is 24.1. The molecule has 0 aliphatic carbocycles. The summed E-state index contributed by atoms with van der Waals surface area (Å²) < 4.78 is 64.1. The number of amides is 1. The van der Waals surface area contributed by atoms with Gasteiger partial charge in [0.05, 0.1) is 6.42 Å². The quantitative estimate of drug-likeness (QED) is 0.350. The molecule has 1 heterocycles. The van der Waals surface area contributed by atoms with E-state index in [0.29, 0.717) is 25.9 Å². The lowest BCUT2D eigenvalue weighted by molar-refractivity contribution is -0.156. The van der Waals surface area contributed by atoms with E-state index in [1.807, 2.05) is 0 Å². The summed E-state index contributed by atoms with van der Waals surface area (Å²) >= 11 is 0. The number of ketones is 1. The maximum atomic E-state index is 13.8. The van der Waals surface area contributed by atoms with Crippen LogP contribution in [0.3, 0.4) is 0 Å². The summed E-state index contributed by atoms with van der Waals surface area (Å²) in [6.07, 6.45) is 0.488. The molecule has 1 fully saturated rings. The molecule has 1 aromatic rings. The Kier molecular flexibility index (Phi) is 8.59. The lowest BCUT2D eigenvalue weighted by atomic mass is 9.96. The maximum Gasteiger partial charge on any atom is 0.308 e.